The maximum Gasteiger partial charge on any atom is 0.328 e. The van der Waals surface area contributed by atoms with E-state index in [-0.39, 0.29) is 5.97 Å². The van der Waals surface area contributed by atoms with Gasteiger partial charge in [-0.25, -0.2) is 4.79 Å². The van der Waals surface area contributed by atoms with Crippen molar-refractivity contribution < 1.29 is 19.4 Å². The smallest absolute Gasteiger partial charge is 0.328 e. The van der Waals surface area contributed by atoms with Gasteiger partial charge in [-0.3, -0.25) is 4.79 Å². The second-order valence-electron chi connectivity index (χ2n) is 3.07. The maximum absolute atomic E-state index is 11.0. The number of carboxylic acid groups (broad SMARTS) is 1. The Hall–Kier alpha value is -2.10. The molecule has 4 nitrogen and oxygen atoms in total. The van der Waals surface area contributed by atoms with Crippen LogP contribution in [0.1, 0.15) is 18.9 Å². The van der Waals surface area contributed by atoms with Crippen LogP contribution in [0.25, 0.3) is 6.08 Å². The van der Waals surface area contributed by atoms with E-state index >= 15 is 0 Å². The fourth-order valence-corrected chi connectivity index (χ4v) is 1.02. The number of ether oxygens (including phenoxy) is 1. The van der Waals surface area contributed by atoms with Gasteiger partial charge in [0.15, 0.2) is 0 Å². The van der Waals surface area contributed by atoms with Crippen LogP contribution in [-0.4, -0.2) is 17.0 Å². The highest BCUT2D eigenvalue weighted by Gasteiger charge is 2.00. The number of hydrogen-bond donors (Lipinski definition) is 1. The topological polar surface area (TPSA) is 63.6 Å². The van der Waals surface area contributed by atoms with Crippen LogP contribution in [0.3, 0.4) is 0 Å². The summed E-state index contributed by atoms with van der Waals surface area (Å²) < 4.78 is 4.96. The Balaban J connectivity index is 2.68. The van der Waals surface area contributed by atoms with Crippen LogP contribution in [0.15, 0.2) is 30.3 Å². The van der Waals surface area contributed by atoms with Crippen molar-refractivity contribution in [1.29, 1.82) is 0 Å². The summed E-state index contributed by atoms with van der Waals surface area (Å²) in [5.74, 6) is -0.838. The molecule has 1 rings (SSSR count). The number of carbonyl (C=O) groups excluding carboxylic acids is 1. The van der Waals surface area contributed by atoms with Crippen molar-refractivity contribution in [2.45, 2.75) is 13.3 Å². The van der Waals surface area contributed by atoms with E-state index in [0.29, 0.717) is 12.2 Å². The molecule has 0 aliphatic heterocycles. The number of hydrogen-bond acceptors (Lipinski definition) is 3. The Morgan fingerprint density at radius 1 is 1.31 bits per heavy atom. The van der Waals surface area contributed by atoms with Crippen molar-refractivity contribution in [3.63, 3.8) is 0 Å². The van der Waals surface area contributed by atoms with Gasteiger partial charge in [-0.05, 0) is 23.8 Å². The lowest BCUT2D eigenvalue weighted by Crippen LogP contribution is -2.05. The summed E-state index contributed by atoms with van der Waals surface area (Å²) in [7, 11) is 0. The van der Waals surface area contributed by atoms with E-state index < -0.39 is 5.97 Å². The molecule has 0 spiro atoms. The molecule has 0 amide bonds. The first-order chi connectivity index (χ1) is 7.61. The minimum absolute atomic E-state index is 0.297. The summed E-state index contributed by atoms with van der Waals surface area (Å²) in [5.41, 5.74) is 0.735. The van der Waals surface area contributed by atoms with Crippen molar-refractivity contribution in [2.24, 2.45) is 0 Å². The van der Waals surface area contributed by atoms with Crippen LogP contribution >= 0.6 is 0 Å². The van der Waals surface area contributed by atoms with Crippen molar-refractivity contribution in [3.05, 3.63) is 35.9 Å². The van der Waals surface area contributed by atoms with Gasteiger partial charge in [-0.2, -0.15) is 0 Å². The molecule has 16 heavy (non-hydrogen) atoms. The largest absolute Gasteiger partial charge is 0.478 e. The van der Waals surface area contributed by atoms with E-state index in [2.05, 4.69) is 0 Å². The number of carboxylic acids is 1. The van der Waals surface area contributed by atoms with Crippen LogP contribution in [0, 0.1) is 0 Å². The molecule has 0 aliphatic rings. The summed E-state index contributed by atoms with van der Waals surface area (Å²) in [6, 6.07) is 6.60. The third-order valence-corrected chi connectivity index (χ3v) is 1.82. The van der Waals surface area contributed by atoms with Crippen LogP contribution in [0.5, 0.6) is 5.75 Å². The summed E-state index contributed by atoms with van der Waals surface area (Å²) >= 11 is 0. The molecule has 0 fully saturated rings. The van der Waals surface area contributed by atoms with Gasteiger partial charge in [0, 0.05) is 12.5 Å². The molecule has 0 saturated carbocycles. The fraction of sp³-hybridized carbons (Fsp3) is 0.167. The Morgan fingerprint density at radius 2 is 1.94 bits per heavy atom. The predicted octanol–water partition coefficient (Wildman–Crippen LogP) is 2.10. The summed E-state index contributed by atoms with van der Waals surface area (Å²) in [4.78, 5) is 21.2. The van der Waals surface area contributed by atoms with Gasteiger partial charge in [0.1, 0.15) is 5.75 Å². The minimum Gasteiger partial charge on any atom is -0.478 e. The average Bonchev–Trinajstić information content (AvgIpc) is 2.28. The lowest BCUT2D eigenvalue weighted by molar-refractivity contribution is -0.134. The molecule has 1 aromatic carbocycles. The normalized spacial score (nSPS) is 10.3. The monoisotopic (exact) mass is 220 g/mol. The van der Waals surface area contributed by atoms with Crippen LogP contribution in [0.4, 0.5) is 0 Å². The maximum atomic E-state index is 11.0. The average molecular weight is 220 g/mol. The van der Waals surface area contributed by atoms with Gasteiger partial charge in [0.25, 0.3) is 0 Å². The highest BCUT2D eigenvalue weighted by Crippen LogP contribution is 2.13. The van der Waals surface area contributed by atoms with E-state index in [0.717, 1.165) is 11.6 Å². The van der Waals surface area contributed by atoms with Crippen molar-refractivity contribution in [1.82, 2.24) is 0 Å². The molecular weight excluding hydrogens is 208 g/mol. The molecule has 0 unspecified atom stereocenters. The number of aliphatic carboxylic acids is 1. The highest BCUT2D eigenvalue weighted by atomic mass is 16.5. The van der Waals surface area contributed by atoms with Crippen LogP contribution < -0.4 is 4.74 Å². The SMILES string of the molecule is CCC(=O)Oc1ccc(/C=C\C(=O)O)cc1. The molecule has 1 aromatic rings. The zero-order chi connectivity index (χ0) is 12.0. The molecule has 4 heteroatoms. The summed E-state index contributed by atoms with van der Waals surface area (Å²) in [6.07, 6.45) is 2.83. The van der Waals surface area contributed by atoms with Gasteiger partial charge >= 0.3 is 11.9 Å². The number of carbonyl (C=O) groups is 2. The number of benzene rings is 1. The molecular formula is C12H12O4. The number of rotatable bonds is 4. The van der Waals surface area contributed by atoms with Crippen LogP contribution in [0.2, 0.25) is 0 Å². The first-order valence-corrected chi connectivity index (χ1v) is 4.83. The highest BCUT2D eigenvalue weighted by molar-refractivity contribution is 5.85. The minimum atomic E-state index is -0.999. The first-order valence-electron chi connectivity index (χ1n) is 4.83. The van der Waals surface area contributed by atoms with E-state index in [1.165, 1.54) is 6.08 Å². The molecule has 0 heterocycles. The van der Waals surface area contributed by atoms with E-state index in [9.17, 15) is 9.59 Å². The van der Waals surface area contributed by atoms with Gasteiger partial charge in [0.05, 0.1) is 0 Å². The second kappa shape index (κ2) is 5.70. The zero-order valence-corrected chi connectivity index (χ0v) is 8.84. The van der Waals surface area contributed by atoms with Gasteiger partial charge < -0.3 is 9.84 Å². The molecule has 84 valence electrons. The molecule has 0 aliphatic carbocycles. The Bertz CT molecular complexity index is 404. The Kier molecular flexibility index (Phi) is 4.27. The molecule has 1 N–H and O–H groups in total. The van der Waals surface area contributed by atoms with Gasteiger partial charge in [-0.1, -0.05) is 19.1 Å². The molecule has 0 aromatic heterocycles. The first kappa shape index (κ1) is 12.0. The van der Waals surface area contributed by atoms with E-state index in [1.807, 2.05) is 0 Å². The third kappa shape index (κ3) is 3.96. The third-order valence-electron chi connectivity index (χ3n) is 1.82. The lowest BCUT2D eigenvalue weighted by atomic mass is 10.2. The summed E-state index contributed by atoms with van der Waals surface area (Å²) in [6.45, 7) is 1.71. The molecule has 0 atom stereocenters. The van der Waals surface area contributed by atoms with Crippen molar-refractivity contribution in [3.8, 4) is 5.75 Å². The van der Waals surface area contributed by atoms with Crippen LogP contribution in [-0.2, 0) is 9.59 Å². The number of esters is 1. The van der Waals surface area contributed by atoms with Crippen molar-refractivity contribution >= 4 is 18.0 Å². The molecule has 0 saturated heterocycles. The molecule has 0 bridgehead atoms. The Labute approximate surface area is 93.2 Å². The van der Waals surface area contributed by atoms with E-state index in [1.54, 1.807) is 31.2 Å². The van der Waals surface area contributed by atoms with Crippen molar-refractivity contribution in [2.75, 3.05) is 0 Å². The zero-order valence-electron chi connectivity index (χ0n) is 8.84. The van der Waals surface area contributed by atoms with Gasteiger partial charge in [-0.15, -0.1) is 0 Å². The quantitative estimate of drug-likeness (QED) is 0.479. The second-order valence-corrected chi connectivity index (χ2v) is 3.07. The predicted molar refractivity (Wildman–Crippen MR) is 59.0 cm³/mol. The standard InChI is InChI=1S/C12H12O4/c1-2-12(15)16-10-6-3-9(4-7-10)5-8-11(13)14/h3-8H,2H2,1H3,(H,13,14)/b8-5-. The van der Waals surface area contributed by atoms with E-state index in [4.69, 9.17) is 9.84 Å². The lowest BCUT2D eigenvalue weighted by Gasteiger charge is -2.02. The molecule has 0 radical (unpaired) electrons. The fourth-order valence-electron chi connectivity index (χ4n) is 1.02. The summed E-state index contributed by atoms with van der Waals surface area (Å²) in [5, 5.41) is 8.42. The van der Waals surface area contributed by atoms with Gasteiger partial charge in [0.2, 0.25) is 0 Å². The Morgan fingerprint density at radius 3 is 2.44 bits per heavy atom.